The number of thiophene rings is 1. The van der Waals surface area contributed by atoms with E-state index in [1.165, 1.54) is 53.5 Å². The van der Waals surface area contributed by atoms with Crippen LogP contribution < -0.4 is 0 Å². The van der Waals surface area contributed by atoms with Crippen LogP contribution in [0.1, 0.15) is 6.85 Å². The second kappa shape index (κ2) is 9.50. The van der Waals surface area contributed by atoms with Crippen molar-refractivity contribution in [1.29, 1.82) is 0 Å². The Balaban J connectivity index is 1.38. The molecule has 0 aliphatic heterocycles. The van der Waals surface area contributed by atoms with Gasteiger partial charge in [-0.15, -0.1) is 11.3 Å². The van der Waals surface area contributed by atoms with Crippen molar-refractivity contribution in [2.24, 2.45) is 0 Å². The van der Waals surface area contributed by atoms with Gasteiger partial charge in [-0.3, -0.25) is 0 Å². The molecule has 0 unspecified atom stereocenters. The van der Waals surface area contributed by atoms with Gasteiger partial charge in [0.2, 0.25) is 0 Å². The van der Waals surface area contributed by atoms with E-state index < -0.39 is 6.04 Å². The minimum Gasteiger partial charge on any atom is -0.134 e. The highest BCUT2D eigenvalue weighted by Gasteiger charge is 2.24. The van der Waals surface area contributed by atoms with Crippen LogP contribution in [-0.4, -0.2) is 0 Å². The molecule has 10 rings (SSSR count). The maximum atomic E-state index is 8.96. The van der Waals surface area contributed by atoms with Gasteiger partial charge in [0.1, 0.15) is 0 Å². The molecule has 0 bridgehead atoms. The summed E-state index contributed by atoms with van der Waals surface area (Å²) in [6, 6.07) is 43.3. The van der Waals surface area contributed by atoms with E-state index in [0.717, 1.165) is 32.0 Å². The zero-order valence-corrected chi connectivity index (χ0v) is 24.8. The number of hydrogen-bond acceptors (Lipinski definition) is 1. The monoisotopic (exact) mass is 591 g/mol. The van der Waals surface area contributed by atoms with Crippen LogP contribution in [0, 0.1) is 0 Å². The second-order valence-electron chi connectivity index (χ2n) is 11.6. The highest BCUT2D eigenvalue weighted by molar-refractivity contribution is 7.23. The molecule has 45 heavy (non-hydrogen) atoms. The predicted octanol–water partition coefficient (Wildman–Crippen LogP) is 13.1. The fraction of sp³-hybridized carbons (Fsp3) is 0. The third-order valence-corrected chi connectivity index (χ3v) is 10.5. The molecule has 9 aromatic carbocycles. The van der Waals surface area contributed by atoms with E-state index in [-0.39, 0.29) is 29.7 Å². The first-order chi connectivity index (χ1) is 24.4. The Kier molecular flexibility index (Phi) is 4.32. The van der Waals surface area contributed by atoms with Crippen LogP contribution in [0.3, 0.4) is 0 Å². The van der Waals surface area contributed by atoms with E-state index in [9.17, 15) is 0 Å². The molecule has 1 heterocycles. The summed E-state index contributed by atoms with van der Waals surface area (Å²) in [6.07, 6.45) is 0. The summed E-state index contributed by atoms with van der Waals surface area (Å²) >= 11 is 1.78. The first-order valence-electron chi connectivity index (χ1n) is 17.6. The average molecular weight is 592 g/mol. The molecule has 0 radical (unpaired) electrons. The van der Waals surface area contributed by atoms with Gasteiger partial charge in [-0.2, -0.15) is 0 Å². The van der Waals surface area contributed by atoms with E-state index in [2.05, 4.69) is 91.0 Å². The fourth-order valence-corrected chi connectivity index (χ4v) is 8.75. The zero-order chi connectivity index (χ0) is 33.8. The van der Waals surface area contributed by atoms with E-state index in [1.807, 2.05) is 36.4 Å². The van der Waals surface area contributed by atoms with Crippen molar-refractivity contribution in [3.8, 4) is 32.7 Å². The van der Waals surface area contributed by atoms with Crippen molar-refractivity contribution in [2.75, 3.05) is 0 Å². The van der Waals surface area contributed by atoms with Crippen LogP contribution >= 0.6 is 11.3 Å². The van der Waals surface area contributed by atoms with Crippen molar-refractivity contribution in [3.05, 3.63) is 158 Å². The number of benzene rings is 9. The Bertz CT molecular complexity index is 2950. The molecule has 1 aromatic heterocycles. The summed E-state index contributed by atoms with van der Waals surface area (Å²) in [7, 11) is 0. The van der Waals surface area contributed by atoms with Gasteiger partial charge >= 0.3 is 0 Å². The Labute approximate surface area is 271 Å². The summed E-state index contributed by atoms with van der Waals surface area (Å²) in [6.45, 7) is 0. The number of fused-ring (bicyclic) bond motifs is 3. The first kappa shape index (κ1) is 20.5. The average Bonchev–Trinajstić information content (AvgIpc) is 3.54. The van der Waals surface area contributed by atoms with Gasteiger partial charge in [-0.1, -0.05) is 152 Å². The first-order valence-corrected chi connectivity index (χ1v) is 15.9. The molecule has 0 amide bonds. The Morgan fingerprint density at radius 3 is 1.64 bits per heavy atom. The van der Waals surface area contributed by atoms with Crippen molar-refractivity contribution in [1.82, 2.24) is 0 Å². The Hall–Kier alpha value is -5.50. The van der Waals surface area contributed by atoms with Gasteiger partial charge in [-0.05, 0) is 76.6 Å². The molecule has 208 valence electrons. The van der Waals surface area contributed by atoms with Crippen LogP contribution in [0.25, 0.3) is 96.6 Å². The smallest absolute Gasteiger partial charge is 0.0629 e. The molecule has 0 fully saturated rings. The second-order valence-corrected chi connectivity index (χ2v) is 12.7. The number of rotatable bonds is 3. The molecular formula is C44H26S. The van der Waals surface area contributed by atoms with E-state index in [0.29, 0.717) is 5.56 Å². The van der Waals surface area contributed by atoms with Crippen molar-refractivity contribution in [2.45, 2.75) is 0 Å². The Morgan fingerprint density at radius 2 is 0.956 bits per heavy atom. The topological polar surface area (TPSA) is 0 Å². The van der Waals surface area contributed by atoms with Crippen molar-refractivity contribution in [3.63, 3.8) is 0 Å². The lowest BCUT2D eigenvalue weighted by Gasteiger charge is -2.19. The van der Waals surface area contributed by atoms with Crippen molar-refractivity contribution >= 4 is 75.3 Å². The van der Waals surface area contributed by atoms with Gasteiger partial charge in [0.25, 0.3) is 0 Å². The molecule has 0 aliphatic rings. The van der Waals surface area contributed by atoms with Gasteiger partial charge in [0.15, 0.2) is 0 Å². The van der Waals surface area contributed by atoms with E-state index in [4.69, 9.17) is 6.85 Å². The fourth-order valence-electron chi connectivity index (χ4n) is 7.46. The van der Waals surface area contributed by atoms with E-state index in [1.54, 1.807) is 11.3 Å². The van der Waals surface area contributed by atoms with Gasteiger partial charge < -0.3 is 0 Å². The third kappa shape index (κ3) is 3.53. The summed E-state index contributed by atoms with van der Waals surface area (Å²) in [4.78, 5) is 1.14. The summed E-state index contributed by atoms with van der Waals surface area (Å²) in [5, 5.41) is 12.3. The SMILES string of the molecule is [2H]c1c([2H])c([2H])c(-c2c3ccccc3c(-c3sc4ccccc4c3-c3ccc4ccc5cccc6ccc3c4c56)c3ccccc23)c([2H])c1[2H]. The lowest BCUT2D eigenvalue weighted by molar-refractivity contribution is 1.67. The molecule has 1 heteroatoms. The maximum Gasteiger partial charge on any atom is 0.0629 e. The lowest BCUT2D eigenvalue weighted by atomic mass is 9.85. The Morgan fingerprint density at radius 1 is 0.400 bits per heavy atom. The molecule has 10 aromatic rings. The molecular weight excluding hydrogens is 561 g/mol. The van der Waals surface area contributed by atoms with Crippen LogP contribution in [0.5, 0.6) is 0 Å². The van der Waals surface area contributed by atoms with E-state index >= 15 is 0 Å². The van der Waals surface area contributed by atoms with Crippen LogP contribution in [0.4, 0.5) is 0 Å². The highest BCUT2D eigenvalue weighted by Crippen LogP contribution is 2.53. The summed E-state index contributed by atoms with van der Waals surface area (Å²) < 4.78 is 44.4. The normalized spacial score (nSPS) is 13.6. The molecule has 0 atom stereocenters. The lowest BCUT2D eigenvalue weighted by Crippen LogP contribution is -1.91. The van der Waals surface area contributed by atoms with Gasteiger partial charge in [0.05, 0.1) is 6.85 Å². The standard InChI is InChI=1S/C44H26S/c1-2-11-27(12-3-1)40-31-15-4-6-17-33(31)42(34-18-7-5-16-32(34)40)44-43(37-19-8-9-20-38(37)45-44)36-26-24-30-22-21-28-13-10-14-29-23-25-35(36)41(30)39(28)29/h1-26H/i1D,2D,3D,11D,12D. The predicted molar refractivity (Wildman–Crippen MR) is 197 cm³/mol. The quantitative estimate of drug-likeness (QED) is 0.142. The molecule has 0 aliphatic carbocycles. The maximum absolute atomic E-state index is 8.96. The molecule has 0 N–H and O–H groups in total. The van der Waals surface area contributed by atoms with Crippen molar-refractivity contribution < 1.29 is 6.85 Å². The van der Waals surface area contributed by atoms with Crippen LogP contribution in [-0.2, 0) is 0 Å². The number of hydrogen-bond donors (Lipinski definition) is 0. The molecule has 0 nitrogen and oxygen atoms in total. The van der Waals surface area contributed by atoms with Gasteiger partial charge in [-0.25, -0.2) is 0 Å². The highest BCUT2D eigenvalue weighted by atomic mass is 32.1. The van der Waals surface area contributed by atoms with Gasteiger partial charge in [0, 0.05) is 26.1 Å². The molecule has 0 saturated carbocycles. The van der Waals surface area contributed by atoms with Crippen LogP contribution in [0.15, 0.2) is 158 Å². The molecule has 0 saturated heterocycles. The minimum absolute atomic E-state index is 0.199. The largest absolute Gasteiger partial charge is 0.134 e. The summed E-state index contributed by atoms with van der Waals surface area (Å²) in [5.74, 6) is 0. The third-order valence-electron chi connectivity index (χ3n) is 9.30. The summed E-state index contributed by atoms with van der Waals surface area (Å²) in [5.41, 5.74) is 4.30. The minimum atomic E-state index is -0.391. The molecule has 0 spiro atoms. The zero-order valence-electron chi connectivity index (χ0n) is 29.0. The van der Waals surface area contributed by atoms with Crippen LogP contribution in [0.2, 0.25) is 0 Å².